The van der Waals surface area contributed by atoms with Crippen LogP contribution in [0.5, 0.6) is 0 Å². The number of rotatable bonds is 0. The summed E-state index contributed by atoms with van der Waals surface area (Å²) in [6.45, 7) is 0.558. The Kier molecular flexibility index (Phi) is 1.96. The number of nitrogens with one attached hydrogen (secondary N) is 2. The molecular weight excluding hydrogens is 228 g/mol. The predicted octanol–water partition coefficient (Wildman–Crippen LogP) is 0.634. The van der Waals surface area contributed by atoms with Crippen LogP contribution in [0.3, 0.4) is 0 Å². The molecule has 1 aliphatic heterocycles. The van der Waals surface area contributed by atoms with Crippen LogP contribution in [0.1, 0.15) is 17.5 Å². The zero-order valence-corrected chi connectivity index (χ0v) is 9.98. The molecule has 4 heteroatoms. The van der Waals surface area contributed by atoms with Crippen molar-refractivity contribution in [1.29, 1.82) is 0 Å². The van der Waals surface area contributed by atoms with Gasteiger partial charge in [0.05, 0.1) is 6.10 Å². The standard InChI is InChI=1S/C14H16N2O2/c17-9-5-14(18)10-2-1-3-11-13(10)8(6-15-11)4-12(14)16-7-9/h1-3,6,9,12,15-18H,4-5,7H2/t9-,12+,14+/m0/s1. The van der Waals surface area contributed by atoms with Crippen LogP contribution in [0, 0.1) is 0 Å². The highest BCUT2D eigenvalue weighted by Gasteiger charge is 2.47. The number of aliphatic hydroxyl groups excluding tert-OH is 1. The number of aliphatic hydroxyl groups is 2. The van der Waals surface area contributed by atoms with Gasteiger partial charge in [-0.25, -0.2) is 0 Å². The molecule has 1 fully saturated rings. The third-order valence-corrected chi connectivity index (χ3v) is 4.40. The first-order valence-corrected chi connectivity index (χ1v) is 6.42. The molecule has 4 nitrogen and oxygen atoms in total. The lowest BCUT2D eigenvalue weighted by Gasteiger charge is -2.45. The van der Waals surface area contributed by atoms with E-state index >= 15 is 0 Å². The lowest BCUT2D eigenvalue weighted by molar-refractivity contribution is -0.0714. The molecular formula is C14H16N2O2. The molecule has 1 aliphatic carbocycles. The van der Waals surface area contributed by atoms with E-state index in [0.29, 0.717) is 13.0 Å². The smallest absolute Gasteiger partial charge is 0.108 e. The average molecular weight is 244 g/mol. The molecule has 2 heterocycles. The van der Waals surface area contributed by atoms with Crippen molar-refractivity contribution < 1.29 is 10.2 Å². The normalized spacial score (nSPS) is 34.6. The summed E-state index contributed by atoms with van der Waals surface area (Å²) in [5.74, 6) is 0. The van der Waals surface area contributed by atoms with Crippen LogP contribution >= 0.6 is 0 Å². The van der Waals surface area contributed by atoms with E-state index in [1.165, 1.54) is 5.56 Å². The number of hydrogen-bond acceptors (Lipinski definition) is 3. The second-order valence-electron chi connectivity index (χ2n) is 5.49. The van der Waals surface area contributed by atoms with Gasteiger partial charge in [0.1, 0.15) is 5.60 Å². The number of H-pyrrole nitrogens is 1. The van der Waals surface area contributed by atoms with E-state index in [1.807, 2.05) is 24.4 Å². The molecule has 0 bridgehead atoms. The molecule has 0 spiro atoms. The van der Waals surface area contributed by atoms with E-state index in [9.17, 15) is 10.2 Å². The third kappa shape index (κ3) is 1.20. The summed E-state index contributed by atoms with van der Waals surface area (Å²) in [6.07, 6.45) is 2.76. The highest BCUT2D eigenvalue weighted by atomic mass is 16.3. The minimum absolute atomic E-state index is 0.00481. The lowest BCUT2D eigenvalue weighted by Crippen LogP contribution is -2.59. The molecule has 1 aromatic heterocycles. The highest BCUT2D eigenvalue weighted by Crippen LogP contribution is 2.43. The molecule has 2 aromatic rings. The first-order chi connectivity index (χ1) is 8.68. The highest BCUT2D eigenvalue weighted by molar-refractivity contribution is 5.88. The first kappa shape index (κ1) is 10.6. The fourth-order valence-electron chi connectivity index (χ4n) is 3.56. The average Bonchev–Trinajstić information content (AvgIpc) is 2.76. The quantitative estimate of drug-likeness (QED) is 0.549. The van der Waals surface area contributed by atoms with Gasteiger partial charge in [-0.2, -0.15) is 0 Å². The Labute approximate surface area is 105 Å². The molecule has 1 saturated heterocycles. The van der Waals surface area contributed by atoms with Gasteiger partial charge >= 0.3 is 0 Å². The van der Waals surface area contributed by atoms with E-state index in [4.69, 9.17) is 0 Å². The monoisotopic (exact) mass is 244 g/mol. The zero-order chi connectivity index (χ0) is 12.3. The molecule has 94 valence electrons. The molecule has 2 aliphatic rings. The summed E-state index contributed by atoms with van der Waals surface area (Å²) in [5, 5.41) is 25.2. The molecule has 1 aromatic carbocycles. The molecule has 4 rings (SSSR count). The summed E-state index contributed by atoms with van der Waals surface area (Å²) < 4.78 is 0. The second-order valence-corrected chi connectivity index (χ2v) is 5.49. The first-order valence-electron chi connectivity index (χ1n) is 6.42. The van der Waals surface area contributed by atoms with Crippen molar-refractivity contribution in [2.24, 2.45) is 0 Å². The van der Waals surface area contributed by atoms with Gasteiger partial charge < -0.3 is 20.5 Å². The van der Waals surface area contributed by atoms with E-state index in [1.54, 1.807) is 0 Å². The van der Waals surface area contributed by atoms with Gasteiger partial charge in [0.25, 0.3) is 0 Å². The Hall–Kier alpha value is -1.36. The molecule has 4 N–H and O–H groups in total. The van der Waals surface area contributed by atoms with Crippen LogP contribution < -0.4 is 5.32 Å². The number of aromatic nitrogens is 1. The van der Waals surface area contributed by atoms with Crippen LogP contribution in [-0.4, -0.2) is 33.9 Å². The predicted molar refractivity (Wildman–Crippen MR) is 68.3 cm³/mol. The Bertz CT molecular complexity index is 621. The third-order valence-electron chi connectivity index (χ3n) is 4.40. The van der Waals surface area contributed by atoms with E-state index in [2.05, 4.69) is 10.3 Å². The largest absolute Gasteiger partial charge is 0.392 e. The minimum atomic E-state index is -0.952. The summed E-state index contributed by atoms with van der Waals surface area (Å²) in [6, 6.07) is 5.96. The summed E-state index contributed by atoms with van der Waals surface area (Å²) >= 11 is 0. The minimum Gasteiger partial charge on any atom is -0.392 e. The molecule has 0 saturated carbocycles. The van der Waals surface area contributed by atoms with E-state index in [-0.39, 0.29) is 6.04 Å². The molecule has 0 unspecified atom stereocenters. The summed E-state index contributed by atoms with van der Waals surface area (Å²) in [4.78, 5) is 3.26. The maximum atomic E-state index is 11.0. The number of hydrogen-bond donors (Lipinski definition) is 4. The van der Waals surface area contributed by atoms with Gasteiger partial charge in [-0.3, -0.25) is 0 Å². The SMILES string of the molecule is O[C@@H]1CN[C@@H]2Cc3c[nH]c4cccc(c34)[C@]2(O)C1. The fraction of sp³-hybridized carbons (Fsp3) is 0.429. The van der Waals surface area contributed by atoms with Gasteiger partial charge in [-0.15, -0.1) is 0 Å². The molecule has 18 heavy (non-hydrogen) atoms. The lowest BCUT2D eigenvalue weighted by atomic mass is 9.71. The van der Waals surface area contributed by atoms with Crippen molar-refractivity contribution in [3.63, 3.8) is 0 Å². The Balaban J connectivity index is 1.99. The number of fused-ring (bicyclic) bond motifs is 2. The molecule has 0 amide bonds. The van der Waals surface area contributed by atoms with Crippen molar-refractivity contribution in [3.05, 3.63) is 35.5 Å². The number of benzene rings is 1. The van der Waals surface area contributed by atoms with Crippen molar-refractivity contribution in [2.45, 2.75) is 30.6 Å². The number of piperidine rings is 1. The van der Waals surface area contributed by atoms with Crippen LogP contribution in [0.25, 0.3) is 10.9 Å². The van der Waals surface area contributed by atoms with Crippen molar-refractivity contribution in [2.75, 3.05) is 6.54 Å². The van der Waals surface area contributed by atoms with Crippen LogP contribution in [-0.2, 0) is 12.0 Å². The van der Waals surface area contributed by atoms with Gasteiger partial charge in [0, 0.05) is 36.1 Å². The van der Waals surface area contributed by atoms with E-state index < -0.39 is 11.7 Å². The van der Waals surface area contributed by atoms with Crippen molar-refractivity contribution >= 4 is 10.9 Å². The zero-order valence-electron chi connectivity index (χ0n) is 9.98. The maximum Gasteiger partial charge on any atom is 0.108 e. The van der Waals surface area contributed by atoms with Gasteiger partial charge in [0.15, 0.2) is 0 Å². The van der Waals surface area contributed by atoms with Gasteiger partial charge in [0.2, 0.25) is 0 Å². The van der Waals surface area contributed by atoms with Crippen molar-refractivity contribution in [3.8, 4) is 0 Å². The summed E-state index contributed by atoms with van der Waals surface area (Å²) in [7, 11) is 0. The van der Waals surface area contributed by atoms with E-state index in [0.717, 1.165) is 22.9 Å². The Morgan fingerprint density at radius 2 is 2.22 bits per heavy atom. The molecule has 0 radical (unpaired) electrons. The van der Waals surface area contributed by atoms with Crippen LogP contribution in [0.2, 0.25) is 0 Å². The number of aromatic amines is 1. The van der Waals surface area contributed by atoms with Crippen LogP contribution in [0.4, 0.5) is 0 Å². The molecule has 3 atom stereocenters. The topological polar surface area (TPSA) is 68.3 Å². The fourth-order valence-corrected chi connectivity index (χ4v) is 3.56. The Morgan fingerprint density at radius 3 is 3.11 bits per heavy atom. The van der Waals surface area contributed by atoms with Crippen LogP contribution in [0.15, 0.2) is 24.4 Å². The Morgan fingerprint density at radius 1 is 1.33 bits per heavy atom. The second kappa shape index (κ2) is 3.35. The number of β-amino-alcohol motifs (C(OH)–C–C–N with tert-alkyl or cyclic N) is 1. The maximum absolute atomic E-state index is 11.0. The van der Waals surface area contributed by atoms with Crippen molar-refractivity contribution in [1.82, 2.24) is 10.3 Å². The van der Waals surface area contributed by atoms with Gasteiger partial charge in [-0.1, -0.05) is 12.1 Å². The summed E-state index contributed by atoms with van der Waals surface area (Å²) in [5.41, 5.74) is 2.30. The van der Waals surface area contributed by atoms with Gasteiger partial charge in [-0.05, 0) is 23.6 Å².